The van der Waals surface area contributed by atoms with Gasteiger partial charge < -0.3 is 15.0 Å². The van der Waals surface area contributed by atoms with Crippen LogP contribution in [-0.2, 0) is 11.2 Å². The minimum atomic E-state index is -0.0756. The van der Waals surface area contributed by atoms with Gasteiger partial charge in [-0.25, -0.2) is 0 Å². The zero-order valence-corrected chi connectivity index (χ0v) is 12.5. The van der Waals surface area contributed by atoms with Crippen LogP contribution in [0.15, 0.2) is 24.3 Å². The van der Waals surface area contributed by atoms with E-state index >= 15 is 0 Å². The van der Waals surface area contributed by atoms with Crippen LogP contribution in [0.5, 0.6) is 5.75 Å². The van der Waals surface area contributed by atoms with E-state index in [2.05, 4.69) is 10.3 Å². The van der Waals surface area contributed by atoms with Crippen LogP contribution in [0.3, 0.4) is 0 Å². The maximum atomic E-state index is 12.0. The van der Waals surface area contributed by atoms with E-state index in [1.807, 2.05) is 19.9 Å². The Morgan fingerprint density at radius 3 is 2.65 bits per heavy atom. The van der Waals surface area contributed by atoms with E-state index in [4.69, 9.17) is 16.3 Å². The molecular formula is C15H17ClN2O2. The Bertz CT molecular complexity index is 635. The van der Waals surface area contributed by atoms with E-state index in [0.717, 1.165) is 17.0 Å². The van der Waals surface area contributed by atoms with Gasteiger partial charge in [0, 0.05) is 17.1 Å². The van der Waals surface area contributed by atoms with Gasteiger partial charge in [0.05, 0.1) is 18.6 Å². The molecule has 0 bridgehead atoms. The fraction of sp³-hybridized carbons (Fsp3) is 0.267. The van der Waals surface area contributed by atoms with Crippen molar-refractivity contribution in [1.82, 2.24) is 4.98 Å². The zero-order chi connectivity index (χ0) is 14.7. The van der Waals surface area contributed by atoms with E-state index < -0.39 is 0 Å². The molecule has 0 atom stereocenters. The summed E-state index contributed by atoms with van der Waals surface area (Å²) in [5.41, 5.74) is 3.73. The van der Waals surface area contributed by atoms with Crippen LogP contribution in [0.2, 0.25) is 5.02 Å². The van der Waals surface area contributed by atoms with Crippen LogP contribution >= 0.6 is 11.6 Å². The van der Waals surface area contributed by atoms with Gasteiger partial charge in [0.1, 0.15) is 5.75 Å². The molecule has 2 aromatic rings. The Labute approximate surface area is 123 Å². The summed E-state index contributed by atoms with van der Waals surface area (Å²) in [5.74, 6) is 0.509. The first-order chi connectivity index (χ1) is 9.49. The van der Waals surface area contributed by atoms with Crippen molar-refractivity contribution in [2.24, 2.45) is 0 Å². The van der Waals surface area contributed by atoms with Crippen molar-refractivity contribution < 1.29 is 9.53 Å². The molecule has 4 nitrogen and oxygen atoms in total. The van der Waals surface area contributed by atoms with Crippen molar-refractivity contribution in [3.63, 3.8) is 0 Å². The first kappa shape index (κ1) is 14.5. The molecule has 1 aromatic carbocycles. The highest BCUT2D eigenvalue weighted by atomic mass is 35.5. The number of rotatable bonds is 4. The van der Waals surface area contributed by atoms with Gasteiger partial charge >= 0.3 is 0 Å². The maximum Gasteiger partial charge on any atom is 0.228 e. The normalized spacial score (nSPS) is 10.4. The Morgan fingerprint density at radius 2 is 2.10 bits per heavy atom. The number of aromatic nitrogens is 1. The van der Waals surface area contributed by atoms with Crippen LogP contribution < -0.4 is 10.1 Å². The van der Waals surface area contributed by atoms with Crippen molar-refractivity contribution in [1.29, 1.82) is 0 Å². The lowest BCUT2D eigenvalue weighted by atomic mass is 10.1. The second-order valence-electron chi connectivity index (χ2n) is 4.68. The Kier molecular flexibility index (Phi) is 4.35. The van der Waals surface area contributed by atoms with Crippen molar-refractivity contribution in [2.45, 2.75) is 20.3 Å². The first-order valence-corrected chi connectivity index (χ1v) is 6.66. The fourth-order valence-corrected chi connectivity index (χ4v) is 2.35. The third-order valence-electron chi connectivity index (χ3n) is 3.04. The monoisotopic (exact) mass is 292 g/mol. The maximum absolute atomic E-state index is 12.0. The molecule has 2 rings (SSSR count). The molecule has 1 amide bonds. The summed E-state index contributed by atoms with van der Waals surface area (Å²) in [6.45, 7) is 3.93. The number of carbonyl (C=O) groups is 1. The highest BCUT2D eigenvalue weighted by Crippen LogP contribution is 2.27. The number of aryl methyl sites for hydroxylation is 2. The molecule has 1 aromatic heterocycles. The summed E-state index contributed by atoms with van der Waals surface area (Å²) in [6.07, 6.45) is 0.333. The van der Waals surface area contributed by atoms with Gasteiger partial charge in [0.2, 0.25) is 5.91 Å². The van der Waals surface area contributed by atoms with E-state index in [9.17, 15) is 4.79 Å². The number of halogens is 1. The van der Waals surface area contributed by atoms with Crippen LogP contribution in [0, 0.1) is 13.8 Å². The average Bonchev–Trinajstić information content (AvgIpc) is 2.68. The topological polar surface area (TPSA) is 54.1 Å². The summed E-state index contributed by atoms with van der Waals surface area (Å²) < 4.78 is 5.07. The van der Waals surface area contributed by atoms with Crippen LogP contribution in [0.4, 0.5) is 5.69 Å². The number of methoxy groups -OCH3 is 1. The van der Waals surface area contributed by atoms with Gasteiger partial charge in [0.15, 0.2) is 0 Å². The first-order valence-electron chi connectivity index (χ1n) is 6.28. The van der Waals surface area contributed by atoms with E-state index in [1.54, 1.807) is 25.3 Å². The van der Waals surface area contributed by atoms with Crippen molar-refractivity contribution in [3.8, 4) is 5.75 Å². The molecule has 0 radical (unpaired) electrons. The van der Waals surface area contributed by atoms with Gasteiger partial charge in [0.25, 0.3) is 0 Å². The molecule has 0 aliphatic rings. The largest absolute Gasteiger partial charge is 0.495 e. The highest BCUT2D eigenvalue weighted by molar-refractivity contribution is 6.32. The Hall–Kier alpha value is -1.94. The van der Waals surface area contributed by atoms with Gasteiger partial charge in [-0.1, -0.05) is 11.6 Å². The number of hydrogen-bond acceptors (Lipinski definition) is 2. The molecule has 0 saturated carbocycles. The van der Waals surface area contributed by atoms with Gasteiger partial charge in [-0.2, -0.15) is 0 Å². The molecule has 0 fully saturated rings. The Morgan fingerprint density at radius 1 is 1.35 bits per heavy atom. The predicted octanol–water partition coefficient (Wildman–Crippen LogP) is 3.47. The molecule has 5 heteroatoms. The number of anilines is 1. The number of benzene rings is 1. The van der Waals surface area contributed by atoms with Gasteiger partial charge in [-0.3, -0.25) is 4.79 Å². The lowest BCUT2D eigenvalue weighted by Gasteiger charge is -2.08. The summed E-state index contributed by atoms with van der Waals surface area (Å²) in [4.78, 5) is 15.2. The van der Waals surface area contributed by atoms with Crippen molar-refractivity contribution >= 4 is 23.2 Å². The number of amides is 1. The molecule has 0 aliphatic carbocycles. The zero-order valence-electron chi connectivity index (χ0n) is 11.7. The van der Waals surface area contributed by atoms with Gasteiger partial charge in [-0.05, 0) is 43.7 Å². The molecule has 0 unspecified atom stereocenters. The molecular weight excluding hydrogens is 276 g/mol. The quantitative estimate of drug-likeness (QED) is 0.906. The smallest absolute Gasteiger partial charge is 0.228 e. The summed E-state index contributed by atoms with van der Waals surface area (Å²) in [7, 11) is 1.55. The number of aromatic amines is 1. The third-order valence-corrected chi connectivity index (χ3v) is 3.34. The Balaban J connectivity index is 2.04. The molecule has 0 saturated heterocycles. The number of nitrogens with one attached hydrogen (secondary N) is 2. The lowest BCUT2D eigenvalue weighted by Crippen LogP contribution is -2.14. The summed E-state index contributed by atoms with van der Waals surface area (Å²) >= 11 is 6.02. The number of ether oxygens (including phenoxy) is 1. The van der Waals surface area contributed by atoms with E-state index in [0.29, 0.717) is 22.9 Å². The van der Waals surface area contributed by atoms with E-state index in [-0.39, 0.29) is 5.91 Å². The van der Waals surface area contributed by atoms with Crippen molar-refractivity contribution in [3.05, 3.63) is 46.2 Å². The second-order valence-corrected chi connectivity index (χ2v) is 5.08. The average molecular weight is 293 g/mol. The summed E-state index contributed by atoms with van der Waals surface area (Å²) in [6, 6.07) is 7.14. The van der Waals surface area contributed by atoms with Crippen LogP contribution in [-0.4, -0.2) is 18.0 Å². The second kappa shape index (κ2) is 6.01. The van der Waals surface area contributed by atoms with Crippen LogP contribution in [0.25, 0.3) is 0 Å². The third kappa shape index (κ3) is 3.33. The standard InChI is InChI=1S/C15H17ClN2O2/c1-9-6-11(10(2)17-9)7-15(19)18-12-4-5-14(20-3)13(16)8-12/h4-6,8,17H,7H2,1-3H3,(H,18,19). The SMILES string of the molecule is COc1ccc(NC(=O)Cc2cc(C)[nH]c2C)cc1Cl. The van der Waals surface area contributed by atoms with Gasteiger partial charge in [-0.15, -0.1) is 0 Å². The van der Waals surface area contributed by atoms with Crippen molar-refractivity contribution in [2.75, 3.05) is 12.4 Å². The number of H-pyrrole nitrogens is 1. The highest BCUT2D eigenvalue weighted by Gasteiger charge is 2.09. The predicted molar refractivity (Wildman–Crippen MR) is 80.6 cm³/mol. The summed E-state index contributed by atoms with van der Waals surface area (Å²) in [5, 5.41) is 3.30. The molecule has 1 heterocycles. The van der Waals surface area contributed by atoms with Crippen LogP contribution in [0.1, 0.15) is 17.0 Å². The molecule has 106 valence electrons. The minimum absolute atomic E-state index is 0.0756. The van der Waals surface area contributed by atoms with E-state index in [1.165, 1.54) is 0 Å². The lowest BCUT2D eigenvalue weighted by molar-refractivity contribution is -0.115. The molecule has 0 aliphatic heterocycles. The number of hydrogen-bond donors (Lipinski definition) is 2. The molecule has 0 spiro atoms. The molecule has 2 N–H and O–H groups in total. The fourth-order valence-electron chi connectivity index (χ4n) is 2.09. The number of carbonyl (C=O) groups excluding carboxylic acids is 1. The minimum Gasteiger partial charge on any atom is -0.495 e. The molecule has 20 heavy (non-hydrogen) atoms.